The summed E-state index contributed by atoms with van der Waals surface area (Å²) in [4.78, 5) is 0. The van der Waals surface area contributed by atoms with Gasteiger partial charge in [-0.25, -0.2) is 0 Å². The molecule has 1 rings (SSSR count). The molecule has 1 aromatic rings. The number of aryl methyl sites for hydroxylation is 1. The van der Waals surface area contributed by atoms with Crippen molar-refractivity contribution in [2.75, 3.05) is 6.61 Å². The summed E-state index contributed by atoms with van der Waals surface area (Å²) < 4.78 is 5.58. The Morgan fingerprint density at radius 1 is 1.43 bits per heavy atom. The number of hydrogen-bond donors (Lipinski definition) is 1. The zero-order chi connectivity index (χ0) is 10.4. The van der Waals surface area contributed by atoms with Gasteiger partial charge in [-0.1, -0.05) is 19.1 Å². The summed E-state index contributed by atoms with van der Waals surface area (Å²) in [6, 6.07) is 8.42. The van der Waals surface area contributed by atoms with E-state index in [0.717, 1.165) is 18.6 Å². The molecule has 2 nitrogen and oxygen atoms in total. The minimum absolute atomic E-state index is 0.212. The van der Waals surface area contributed by atoms with Crippen LogP contribution in [0.5, 0.6) is 5.75 Å². The highest BCUT2D eigenvalue weighted by Crippen LogP contribution is 2.13. The molecule has 2 heteroatoms. The van der Waals surface area contributed by atoms with E-state index in [4.69, 9.17) is 10.5 Å². The van der Waals surface area contributed by atoms with Crippen LogP contribution < -0.4 is 10.5 Å². The molecular formula is C12H19NO. The average Bonchev–Trinajstić information content (AvgIpc) is 2.18. The molecule has 1 aromatic carbocycles. The molecule has 1 atom stereocenters. The molecule has 78 valence electrons. The van der Waals surface area contributed by atoms with Crippen molar-refractivity contribution in [3.05, 3.63) is 29.8 Å². The molecule has 0 aromatic heterocycles. The Morgan fingerprint density at radius 2 is 2.21 bits per heavy atom. The molecule has 0 fully saturated rings. The topological polar surface area (TPSA) is 35.2 Å². The molecule has 0 heterocycles. The average molecular weight is 193 g/mol. The van der Waals surface area contributed by atoms with Crippen molar-refractivity contribution in [1.29, 1.82) is 0 Å². The first-order chi connectivity index (χ1) is 6.72. The number of hydrogen-bond acceptors (Lipinski definition) is 2. The molecule has 0 radical (unpaired) electrons. The quantitative estimate of drug-likeness (QED) is 0.779. The Kier molecular flexibility index (Phi) is 4.47. The van der Waals surface area contributed by atoms with Gasteiger partial charge in [0.05, 0.1) is 6.61 Å². The Bertz CT molecular complexity index is 271. The summed E-state index contributed by atoms with van der Waals surface area (Å²) in [7, 11) is 0. The molecule has 0 bridgehead atoms. The Balaban J connectivity index is 2.42. The molecule has 0 aliphatic heterocycles. The normalized spacial score (nSPS) is 12.5. The largest absolute Gasteiger partial charge is 0.494 e. The highest BCUT2D eigenvalue weighted by molar-refractivity contribution is 5.28. The van der Waals surface area contributed by atoms with Gasteiger partial charge in [-0.15, -0.1) is 0 Å². The minimum atomic E-state index is 0.212. The Hall–Kier alpha value is -1.02. The first-order valence-corrected chi connectivity index (χ1v) is 5.19. The van der Waals surface area contributed by atoms with Crippen LogP contribution in [0.15, 0.2) is 24.3 Å². The summed E-state index contributed by atoms with van der Waals surface area (Å²) in [6.07, 6.45) is 1.95. The molecule has 0 saturated carbocycles. The Morgan fingerprint density at radius 3 is 2.86 bits per heavy atom. The van der Waals surface area contributed by atoms with Gasteiger partial charge >= 0.3 is 0 Å². The van der Waals surface area contributed by atoms with Crippen LogP contribution in [0.25, 0.3) is 0 Å². The van der Waals surface area contributed by atoms with Crippen molar-refractivity contribution < 1.29 is 4.74 Å². The number of ether oxygens (including phenoxy) is 1. The maximum absolute atomic E-state index is 5.63. The van der Waals surface area contributed by atoms with Crippen LogP contribution in [0.1, 0.15) is 25.8 Å². The summed E-state index contributed by atoms with van der Waals surface area (Å²) in [5.74, 6) is 0.949. The van der Waals surface area contributed by atoms with E-state index in [1.165, 1.54) is 5.56 Å². The lowest BCUT2D eigenvalue weighted by atomic mass is 10.2. The van der Waals surface area contributed by atoms with Gasteiger partial charge < -0.3 is 10.5 Å². The smallest absolute Gasteiger partial charge is 0.119 e. The van der Waals surface area contributed by atoms with Gasteiger partial charge in [0.25, 0.3) is 0 Å². The minimum Gasteiger partial charge on any atom is -0.494 e. The summed E-state index contributed by atoms with van der Waals surface area (Å²) in [6.45, 7) is 4.83. The summed E-state index contributed by atoms with van der Waals surface area (Å²) in [5, 5.41) is 0. The Labute approximate surface area is 86.1 Å². The molecule has 0 spiro atoms. The lowest BCUT2D eigenvalue weighted by molar-refractivity contribution is 0.301. The zero-order valence-electron chi connectivity index (χ0n) is 8.99. The van der Waals surface area contributed by atoms with E-state index in [1.807, 2.05) is 19.1 Å². The van der Waals surface area contributed by atoms with E-state index in [0.29, 0.717) is 6.61 Å². The van der Waals surface area contributed by atoms with E-state index < -0.39 is 0 Å². The van der Waals surface area contributed by atoms with Gasteiger partial charge in [-0.2, -0.15) is 0 Å². The van der Waals surface area contributed by atoms with Crippen LogP contribution in [-0.2, 0) is 6.42 Å². The molecule has 0 amide bonds. The van der Waals surface area contributed by atoms with Crippen molar-refractivity contribution in [3.8, 4) is 5.75 Å². The fourth-order valence-corrected chi connectivity index (χ4v) is 1.22. The van der Waals surface area contributed by atoms with Crippen molar-refractivity contribution in [1.82, 2.24) is 0 Å². The van der Waals surface area contributed by atoms with Crippen molar-refractivity contribution >= 4 is 0 Å². The molecule has 0 aliphatic carbocycles. The third-order valence-electron chi connectivity index (χ3n) is 2.15. The lowest BCUT2D eigenvalue weighted by Crippen LogP contribution is -2.18. The second-order valence-corrected chi connectivity index (χ2v) is 3.62. The van der Waals surface area contributed by atoms with Gasteiger partial charge in [-0.3, -0.25) is 0 Å². The van der Waals surface area contributed by atoms with Crippen LogP contribution in [0.4, 0.5) is 0 Å². The monoisotopic (exact) mass is 193 g/mol. The predicted molar refractivity (Wildman–Crippen MR) is 59.6 cm³/mol. The molecule has 2 N–H and O–H groups in total. The third-order valence-corrected chi connectivity index (χ3v) is 2.15. The molecule has 0 saturated heterocycles. The highest BCUT2D eigenvalue weighted by atomic mass is 16.5. The number of rotatable bonds is 5. The van der Waals surface area contributed by atoms with Crippen LogP contribution >= 0.6 is 0 Å². The number of nitrogens with two attached hydrogens (primary N) is 1. The van der Waals surface area contributed by atoms with Crippen LogP contribution in [-0.4, -0.2) is 12.6 Å². The van der Waals surface area contributed by atoms with Crippen LogP contribution in [0, 0.1) is 0 Å². The van der Waals surface area contributed by atoms with Gasteiger partial charge in [0, 0.05) is 6.04 Å². The van der Waals surface area contributed by atoms with Crippen molar-refractivity contribution in [3.63, 3.8) is 0 Å². The van der Waals surface area contributed by atoms with Gasteiger partial charge in [0.1, 0.15) is 5.75 Å². The lowest BCUT2D eigenvalue weighted by Gasteiger charge is -2.08. The van der Waals surface area contributed by atoms with Crippen molar-refractivity contribution in [2.45, 2.75) is 32.7 Å². The van der Waals surface area contributed by atoms with E-state index in [9.17, 15) is 0 Å². The van der Waals surface area contributed by atoms with E-state index >= 15 is 0 Å². The molecule has 0 unspecified atom stereocenters. The standard InChI is InChI=1S/C12H19NO/c1-3-11-5-4-6-12(9-11)14-8-7-10(2)13/h4-6,9-10H,3,7-8,13H2,1-2H3/t10-/m0/s1. The molecular weight excluding hydrogens is 174 g/mol. The van der Waals surface area contributed by atoms with Crippen LogP contribution in [0.2, 0.25) is 0 Å². The summed E-state index contributed by atoms with van der Waals surface area (Å²) >= 11 is 0. The zero-order valence-corrected chi connectivity index (χ0v) is 8.99. The fraction of sp³-hybridized carbons (Fsp3) is 0.500. The maximum Gasteiger partial charge on any atom is 0.119 e. The first kappa shape index (κ1) is 11.1. The SMILES string of the molecule is CCc1cccc(OCC[C@H](C)N)c1. The predicted octanol–water partition coefficient (Wildman–Crippen LogP) is 2.37. The first-order valence-electron chi connectivity index (χ1n) is 5.19. The van der Waals surface area contributed by atoms with Crippen LogP contribution in [0.3, 0.4) is 0 Å². The second-order valence-electron chi connectivity index (χ2n) is 3.62. The van der Waals surface area contributed by atoms with Gasteiger partial charge in [-0.05, 0) is 37.5 Å². The second kappa shape index (κ2) is 5.66. The van der Waals surface area contributed by atoms with E-state index in [2.05, 4.69) is 19.1 Å². The van der Waals surface area contributed by atoms with E-state index in [1.54, 1.807) is 0 Å². The fourth-order valence-electron chi connectivity index (χ4n) is 1.22. The third kappa shape index (κ3) is 3.79. The molecule has 0 aliphatic rings. The maximum atomic E-state index is 5.63. The van der Waals surface area contributed by atoms with Gasteiger partial charge in [0.2, 0.25) is 0 Å². The van der Waals surface area contributed by atoms with Crippen molar-refractivity contribution in [2.24, 2.45) is 5.73 Å². The van der Waals surface area contributed by atoms with Gasteiger partial charge in [0.15, 0.2) is 0 Å². The summed E-state index contributed by atoms with van der Waals surface area (Å²) in [5.41, 5.74) is 6.94. The highest BCUT2D eigenvalue weighted by Gasteiger charge is 1.97. The molecule has 14 heavy (non-hydrogen) atoms. The van der Waals surface area contributed by atoms with E-state index in [-0.39, 0.29) is 6.04 Å². The number of benzene rings is 1.